The predicted molar refractivity (Wildman–Crippen MR) is 53.9 cm³/mol. The number of hydrazone groups is 2. The monoisotopic (exact) mass is 198 g/mol. The smallest absolute Gasteiger partial charge is 0.236 e. The lowest BCUT2D eigenvalue weighted by atomic mass is 10.3. The lowest BCUT2D eigenvalue weighted by Gasteiger charge is -2.00. The molecule has 0 spiro atoms. The Balaban J connectivity index is 4.29. The summed E-state index contributed by atoms with van der Waals surface area (Å²) in [6, 6.07) is 0. The van der Waals surface area contributed by atoms with Gasteiger partial charge in [0.1, 0.15) is 0 Å². The molecule has 0 aliphatic heterocycles. The lowest BCUT2D eigenvalue weighted by Crippen LogP contribution is -2.21. The zero-order valence-electron chi connectivity index (χ0n) is 8.71. The first kappa shape index (κ1) is 12.3. The Kier molecular flexibility index (Phi) is 5.13. The van der Waals surface area contributed by atoms with E-state index in [1.807, 2.05) is 0 Å². The average Bonchev–Trinajstić information content (AvgIpc) is 2.09. The Morgan fingerprint density at radius 1 is 0.786 bits per heavy atom. The molecule has 0 aromatic rings. The van der Waals surface area contributed by atoms with Crippen LogP contribution in [0, 0.1) is 0 Å². The van der Waals surface area contributed by atoms with Crippen molar-refractivity contribution in [2.75, 3.05) is 0 Å². The van der Waals surface area contributed by atoms with Gasteiger partial charge < -0.3 is 0 Å². The Labute approximate surface area is 82.4 Å². The summed E-state index contributed by atoms with van der Waals surface area (Å²) in [5.74, 6) is -0.506. The minimum atomic E-state index is -0.253. The minimum absolute atomic E-state index is 0.253. The molecular formula is C8H14N4O2. The second-order valence-corrected chi connectivity index (χ2v) is 2.73. The van der Waals surface area contributed by atoms with Crippen molar-refractivity contribution in [1.82, 2.24) is 10.9 Å². The van der Waals surface area contributed by atoms with Gasteiger partial charge in [-0.2, -0.15) is 10.2 Å². The molecule has 0 saturated heterocycles. The van der Waals surface area contributed by atoms with Crippen LogP contribution in [0.25, 0.3) is 0 Å². The van der Waals surface area contributed by atoms with Crippen LogP contribution in [0.3, 0.4) is 0 Å². The van der Waals surface area contributed by atoms with Crippen LogP contribution in [0.4, 0.5) is 0 Å². The van der Waals surface area contributed by atoms with Crippen molar-refractivity contribution in [3.8, 4) is 0 Å². The summed E-state index contributed by atoms with van der Waals surface area (Å²) in [5.41, 5.74) is 5.61. The molecule has 0 aromatic heterocycles. The van der Waals surface area contributed by atoms with Crippen molar-refractivity contribution in [1.29, 1.82) is 0 Å². The van der Waals surface area contributed by atoms with Crippen LogP contribution in [-0.2, 0) is 9.59 Å². The molecule has 6 heteroatoms. The number of hydrogen-bond acceptors (Lipinski definition) is 4. The Hall–Kier alpha value is -1.72. The summed E-state index contributed by atoms with van der Waals surface area (Å²) in [4.78, 5) is 21.0. The van der Waals surface area contributed by atoms with Gasteiger partial charge >= 0.3 is 0 Å². The lowest BCUT2D eigenvalue weighted by molar-refractivity contribution is -0.119. The highest BCUT2D eigenvalue weighted by Gasteiger charge is 1.97. The quantitative estimate of drug-likeness (QED) is 0.494. The minimum Gasteiger partial charge on any atom is -0.274 e. The third-order valence-corrected chi connectivity index (χ3v) is 1.29. The zero-order valence-corrected chi connectivity index (χ0v) is 8.71. The van der Waals surface area contributed by atoms with Gasteiger partial charge in [0.25, 0.3) is 0 Å². The number of nitrogens with zero attached hydrogens (tertiary/aromatic N) is 2. The van der Waals surface area contributed by atoms with Crippen LogP contribution in [0.1, 0.15) is 27.7 Å². The van der Waals surface area contributed by atoms with E-state index < -0.39 is 0 Å². The first-order valence-electron chi connectivity index (χ1n) is 4.05. The van der Waals surface area contributed by atoms with Crippen molar-refractivity contribution < 1.29 is 9.59 Å². The number of rotatable bonds is 3. The predicted octanol–water partition coefficient (Wildman–Crippen LogP) is 0.0104. The molecule has 6 nitrogen and oxygen atoms in total. The summed E-state index contributed by atoms with van der Waals surface area (Å²) in [5, 5.41) is 7.47. The highest BCUT2D eigenvalue weighted by molar-refractivity contribution is 6.40. The molecule has 0 unspecified atom stereocenters. The van der Waals surface area contributed by atoms with Gasteiger partial charge in [0.15, 0.2) is 0 Å². The maximum atomic E-state index is 10.5. The van der Waals surface area contributed by atoms with E-state index in [0.717, 1.165) is 0 Å². The third-order valence-electron chi connectivity index (χ3n) is 1.29. The fourth-order valence-electron chi connectivity index (χ4n) is 0.487. The van der Waals surface area contributed by atoms with E-state index in [0.29, 0.717) is 11.4 Å². The van der Waals surface area contributed by atoms with Gasteiger partial charge in [0.2, 0.25) is 11.8 Å². The molecule has 0 aromatic carbocycles. The largest absolute Gasteiger partial charge is 0.274 e. The number of hydrogen-bond donors (Lipinski definition) is 2. The van der Waals surface area contributed by atoms with E-state index in [4.69, 9.17) is 0 Å². The number of carbonyl (C=O) groups is 2. The van der Waals surface area contributed by atoms with Crippen LogP contribution in [0.5, 0.6) is 0 Å². The molecule has 0 fully saturated rings. The summed E-state index contributed by atoms with van der Waals surface area (Å²) < 4.78 is 0. The maximum Gasteiger partial charge on any atom is 0.236 e. The zero-order chi connectivity index (χ0) is 11.1. The van der Waals surface area contributed by atoms with Crippen LogP contribution < -0.4 is 10.9 Å². The van der Waals surface area contributed by atoms with E-state index >= 15 is 0 Å². The van der Waals surface area contributed by atoms with Crippen molar-refractivity contribution in [3.05, 3.63) is 0 Å². The van der Waals surface area contributed by atoms with Crippen LogP contribution in [0.2, 0.25) is 0 Å². The molecular weight excluding hydrogens is 184 g/mol. The van der Waals surface area contributed by atoms with Crippen molar-refractivity contribution >= 4 is 23.2 Å². The summed E-state index contributed by atoms with van der Waals surface area (Å²) in [6.45, 7) is 6.07. The summed E-state index contributed by atoms with van der Waals surface area (Å²) in [7, 11) is 0. The second kappa shape index (κ2) is 5.85. The molecule has 0 heterocycles. The van der Waals surface area contributed by atoms with Crippen LogP contribution >= 0.6 is 0 Å². The maximum absolute atomic E-state index is 10.5. The summed E-state index contributed by atoms with van der Waals surface area (Å²) in [6.07, 6.45) is 0. The van der Waals surface area contributed by atoms with Gasteiger partial charge in [0, 0.05) is 13.8 Å². The molecule has 0 bridgehead atoms. The van der Waals surface area contributed by atoms with Crippen LogP contribution in [0.15, 0.2) is 10.2 Å². The standard InChI is InChI=1S/C8H14N4O2/c1-5(9-11-7(3)13)6(2)10-12-8(4)14/h1-4H3,(H,11,13)(H,12,14)/b9-5+,10-6+. The van der Waals surface area contributed by atoms with E-state index in [1.54, 1.807) is 13.8 Å². The topological polar surface area (TPSA) is 82.9 Å². The van der Waals surface area contributed by atoms with Crippen LogP contribution in [-0.4, -0.2) is 23.2 Å². The molecule has 0 aliphatic carbocycles. The Morgan fingerprint density at radius 3 is 1.29 bits per heavy atom. The van der Waals surface area contributed by atoms with Crippen molar-refractivity contribution in [2.24, 2.45) is 10.2 Å². The van der Waals surface area contributed by atoms with E-state index in [-0.39, 0.29) is 11.8 Å². The number of carbonyl (C=O) groups excluding carboxylic acids is 2. The molecule has 2 N–H and O–H groups in total. The molecule has 0 rings (SSSR count). The molecule has 14 heavy (non-hydrogen) atoms. The van der Waals surface area contributed by atoms with E-state index in [2.05, 4.69) is 21.1 Å². The molecule has 0 radical (unpaired) electrons. The SMILES string of the molecule is CC(=O)N/N=C(C)/C(C)=N/NC(C)=O. The molecule has 78 valence electrons. The van der Waals surface area contributed by atoms with Gasteiger partial charge in [-0.25, -0.2) is 10.9 Å². The fraction of sp³-hybridized carbons (Fsp3) is 0.500. The second-order valence-electron chi connectivity index (χ2n) is 2.73. The van der Waals surface area contributed by atoms with Gasteiger partial charge in [-0.05, 0) is 13.8 Å². The number of amides is 2. The first-order chi connectivity index (χ1) is 6.43. The Morgan fingerprint density at radius 2 is 1.07 bits per heavy atom. The van der Waals surface area contributed by atoms with Gasteiger partial charge in [-0.15, -0.1) is 0 Å². The highest BCUT2D eigenvalue weighted by Crippen LogP contribution is 1.81. The average molecular weight is 198 g/mol. The van der Waals surface area contributed by atoms with E-state index in [9.17, 15) is 9.59 Å². The fourth-order valence-corrected chi connectivity index (χ4v) is 0.487. The van der Waals surface area contributed by atoms with Gasteiger partial charge in [-0.1, -0.05) is 0 Å². The van der Waals surface area contributed by atoms with Gasteiger partial charge in [-0.3, -0.25) is 9.59 Å². The summed E-state index contributed by atoms with van der Waals surface area (Å²) >= 11 is 0. The Bertz CT molecular complexity index is 264. The van der Waals surface area contributed by atoms with Gasteiger partial charge in [0.05, 0.1) is 11.4 Å². The van der Waals surface area contributed by atoms with E-state index in [1.165, 1.54) is 13.8 Å². The third kappa shape index (κ3) is 5.87. The molecule has 2 amide bonds. The molecule has 0 aliphatic rings. The van der Waals surface area contributed by atoms with Crippen molar-refractivity contribution in [2.45, 2.75) is 27.7 Å². The first-order valence-corrected chi connectivity index (χ1v) is 4.05. The molecule has 0 atom stereocenters. The normalized spacial score (nSPS) is 12.3. The van der Waals surface area contributed by atoms with Crippen molar-refractivity contribution in [3.63, 3.8) is 0 Å². The molecule has 0 saturated carbocycles. The number of nitrogens with one attached hydrogen (secondary N) is 2. The highest BCUT2D eigenvalue weighted by atomic mass is 16.2.